The lowest BCUT2D eigenvalue weighted by Gasteiger charge is -2.25. The topological polar surface area (TPSA) is 95.1 Å². The molecule has 1 atom stereocenters. The second-order valence-corrected chi connectivity index (χ2v) is 8.95. The molecule has 8 nitrogen and oxygen atoms in total. The van der Waals surface area contributed by atoms with Gasteiger partial charge in [-0.15, -0.1) is 24.0 Å². The largest absolute Gasteiger partial charge is 0.444 e. The van der Waals surface area contributed by atoms with Gasteiger partial charge in [0.1, 0.15) is 12.1 Å². The molecule has 176 valence electrons. The number of halogens is 1. The fourth-order valence-electron chi connectivity index (χ4n) is 3.07. The number of nitrogens with zero attached hydrogens (tertiary/aromatic N) is 2. The third-order valence-electron chi connectivity index (χ3n) is 4.71. The number of carbonyl (C=O) groups is 2. The van der Waals surface area contributed by atoms with Gasteiger partial charge in [0, 0.05) is 32.7 Å². The second-order valence-electron chi connectivity index (χ2n) is 8.95. The van der Waals surface area contributed by atoms with Gasteiger partial charge in [0.15, 0.2) is 5.96 Å². The molecule has 1 unspecified atom stereocenters. The molecule has 0 aromatic rings. The maximum absolute atomic E-state index is 12.0. The highest BCUT2D eigenvalue weighted by atomic mass is 127. The van der Waals surface area contributed by atoms with Gasteiger partial charge in [0.2, 0.25) is 5.91 Å². The zero-order chi connectivity index (χ0) is 21.9. The number of carbonyl (C=O) groups excluding carboxylic acids is 2. The Kier molecular flexibility index (Phi) is 14.1. The molecule has 0 aromatic carbocycles. The normalized spacial score (nSPS) is 15.7. The molecule has 1 rings (SSSR count). The lowest BCUT2D eigenvalue weighted by Crippen LogP contribution is -2.51. The van der Waals surface area contributed by atoms with Crippen molar-refractivity contribution in [3.63, 3.8) is 0 Å². The number of guanidine groups is 1. The molecule has 0 saturated heterocycles. The van der Waals surface area contributed by atoms with Crippen molar-refractivity contribution in [2.75, 3.05) is 27.2 Å². The lowest BCUT2D eigenvalue weighted by atomic mass is 10.1. The van der Waals surface area contributed by atoms with Crippen LogP contribution >= 0.6 is 24.0 Å². The minimum absolute atomic E-state index is 0. The van der Waals surface area contributed by atoms with Crippen molar-refractivity contribution < 1.29 is 14.3 Å². The van der Waals surface area contributed by atoms with Crippen molar-refractivity contribution in [3.05, 3.63) is 0 Å². The first-order valence-corrected chi connectivity index (χ1v) is 10.8. The van der Waals surface area contributed by atoms with E-state index in [9.17, 15) is 9.59 Å². The lowest BCUT2D eigenvalue weighted by molar-refractivity contribution is -0.127. The summed E-state index contributed by atoms with van der Waals surface area (Å²) in [4.78, 5) is 30.1. The van der Waals surface area contributed by atoms with E-state index in [2.05, 4.69) is 27.9 Å². The van der Waals surface area contributed by atoms with Gasteiger partial charge in [-0.05, 0) is 40.0 Å². The van der Waals surface area contributed by atoms with E-state index in [1.165, 1.54) is 17.7 Å². The van der Waals surface area contributed by atoms with E-state index in [-0.39, 0.29) is 42.5 Å². The first kappa shape index (κ1) is 28.7. The molecule has 1 fully saturated rings. The summed E-state index contributed by atoms with van der Waals surface area (Å²) in [6.07, 6.45) is 7.19. The minimum Gasteiger partial charge on any atom is -0.444 e. The molecule has 1 aliphatic rings. The molecule has 3 N–H and O–H groups in total. The van der Waals surface area contributed by atoms with Gasteiger partial charge in [-0.25, -0.2) is 9.79 Å². The number of hydrogen-bond donors (Lipinski definition) is 3. The van der Waals surface area contributed by atoms with Gasteiger partial charge in [-0.1, -0.05) is 32.6 Å². The summed E-state index contributed by atoms with van der Waals surface area (Å²) < 4.78 is 5.34. The number of rotatable bonds is 9. The van der Waals surface area contributed by atoms with E-state index in [0.717, 1.165) is 32.1 Å². The van der Waals surface area contributed by atoms with E-state index >= 15 is 0 Å². The fourth-order valence-corrected chi connectivity index (χ4v) is 3.07. The smallest absolute Gasteiger partial charge is 0.407 e. The zero-order valence-corrected chi connectivity index (χ0v) is 21.9. The van der Waals surface area contributed by atoms with Crippen LogP contribution in [0.3, 0.4) is 0 Å². The SMILES string of the molecule is CCCCC(CNC(=O)OC(C)(C)C)NC(=NCC(=O)N(C)C)NC1CCCC1.I. The van der Waals surface area contributed by atoms with E-state index in [4.69, 9.17) is 4.74 Å². The number of alkyl carbamates (subject to hydrolysis) is 1. The number of nitrogens with one attached hydrogen (secondary N) is 3. The Bertz CT molecular complexity index is 543. The van der Waals surface area contributed by atoms with Crippen LogP contribution in [0.5, 0.6) is 0 Å². The molecular weight excluding hydrogens is 497 g/mol. The first-order valence-electron chi connectivity index (χ1n) is 10.8. The molecule has 0 radical (unpaired) electrons. The van der Waals surface area contributed by atoms with Gasteiger partial charge in [-0.2, -0.15) is 0 Å². The highest BCUT2D eigenvalue weighted by molar-refractivity contribution is 14.0. The van der Waals surface area contributed by atoms with Crippen LogP contribution in [-0.2, 0) is 9.53 Å². The molecular formula is C21H42IN5O3. The van der Waals surface area contributed by atoms with Crippen LogP contribution in [0.15, 0.2) is 4.99 Å². The summed E-state index contributed by atoms with van der Waals surface area (Å²) in [5.41, 5.74) is -0.528. The van der Waals surface area contributed by atoms with Gasteiger partial charge in [-0.3, -0.25) is 4.79 Å². The highest BCUT2D eigenvalue weighted by Crippen LogP contribution is 2.17. The third kappa shape index (κ3) is 13.1. The Labute approximate surface area is 199 Å². The Morgan fingerprint density at radius 1 is 1.20 bits per heavy atom. The van der Waals surface area contributed by atoms with Crippen molar-refractivity contribution in [3.8, 4) is 0 Å². The summed E-state index contributed by atoms with van der Waals surface area (Å²) in [5, 5.41) is 9.74. The van der Waals surface area contributed by atoms with E-state index in [1.54, 1.807) is 14.1 Å². The number of hydrogen-bond acceptors (Lipinski definition) is 4. The zero-order valence-electron chi connectivity index (χ0n) is 19.5. The van der Waals surface area contributed by atoms with Crippen molar-refractivity contribution >= 4 is 41.9 Å². The predicted octanol–water partition coefficient (Wildman–Crippen LogP) is 3.25. The van der Waals surface area contributed by atoms with Crippen molar-refractivity contribution in [1.82, 2.24) is 20.9 Å². The number of likely N-dealkylation sites (N-methyl/N-ethyl adjacent to an activating group) is 1. The van der Waals surface area contributed by atoms with E-state index in [1.807, 2.05) is 20.8 Å². The van der Waals surface area contributed by atoms with E-state index in [0.29, 0.717) is 18.5 Å². The first-order chi connectivity index (χ1) is 13.6. The molecule has 9 heteroatoms. The molecule has 0 spiro atoms. The standard InChI is InChI=1S/C21H41N5O3.HI/c1-7-8-11-17(14-23-20(28)29-21(2,3)4)25-19(22-15-18(27)26(5)6)24-16-12-9-10-13-16;/h16-17H,7-15H2,1-6H3,(H,23,28)(H2,22,24,25);1H. The molecule has 0 heterocycles. The average molecular weight is 540 g/mol. The van der Waals surface area contributed by atoms with Crippen LogP contribution < -0.4 is 16.0 Å². The monoisotopic (exact) mass is 539 g/mol. The van der Waals surface area contributed by atoms with Crippen LogP contribution in [-0.4, -0.2) is 67.7 Å². The highest BCUT2D eigenvalue weighted by Gasteiger charge is 2.20. The summed E-state index contributed by atoms with van der Waals surface area (Å²) in [7, 11) is 3.45. The molecule has 30 heavy (non-hydrogen) atoms. The molecule has 0 bridgehead atoms. The maximum Gasteiger partial charge on any atom is 0.407 e. The van der Waals surface area contributed by atoms with Gasteiger partial charge >= 0.3 is 6.09 Å². The molecule has 1 saturated carbocycles. The fraction of sp³-hybridized carbons (Fsp3) is 0.857. The Morgan fingerprint density at radius 2 is 1.83 bits per heavy atom. The van der Waals surface area contributed by atoms with E-state index < -0.39 is 11.7 Å². The number of amides is 2. The summed E-state index contributed by atoms with van der Waals surface area (Å²) >= 11 is 0. The molecule has 2 amide bonds. The van der Waals surface area contributed by atoms with Crippen LogP contribution in [0.2, 0.25) is 0 Å². The average Bonchev–Trinajstić information content (AvgIpc) is 3.12. The summed E-state index contributed by atoms with van der Waals surface area (Å²) in [5.74, 6) is 0.591. The Hall–Kier alpha value is -1.26. The van der Waals surface area contributed by atoms with Crippen LogP contribution in [0.4, 0.5) is 4.79 Å². The maximum atomic E-state index is 12.0. The van der Waals surface area contributed by atoms with Gasteiger partial charge in [0.05, 0.1) is 0 Å². The van der Waals surface area contributed by atoms with Crippen LogP contribution in [0.1, 0.15) is 72.6 Å². The van der Waals surface area contributed by atoms with Crippen molar-refractivity contribution in [1.29, 1.82) is 0 Å². The number of ether oxygens (including phenoxy) is 1. The molecule has 0 aromatic heterocycles. The van der Waals surface area contributed by atoms with Crippen LogP contribution in [0, 0.1) is 0 Å². The number of aliphatic imine (C=N–C) groups is 1. The Balaban J connectivity index is 0.00000841. The van der Waals surface area contributed by atoms with Gasteiger partial charge < -0.3 is 25.6 Å². The quantitative estimate of drug-likeness (QED) is 0.238. The third-order valence-corrected chi connectivity index (χ3v) is 4.71. The summed E-state index contributed by atoms with van der Waals surface area (Å²) in [6.45, 7) is 8.20. The Morgan fingerprint density at radius 3 is 2.37 bits per heavy atom. The van der Waals surface area contributed by atoms with Crippen molar-refractivity contribution in [2.24, 2.45) is 4.99 Å². The number of unbranched alkanes of at least 4 members (excludes halogenated alkanes) is 1. The minimum atomic E-state index is -0.528. The van der Waals surface area contributed by atoms with Crippen LogP contribution in [0.25, 0.3) is 0 Å². The molecule has 1 aliphatic carbocycles. The molecule has 0 aliphatic heterocycles. The predicted molar refractivity (Wildman–Crippen MR) is 132 cm³/mol. The second kappa shape index (κ2) is 14.7. The van der Waals surface area contributed by atoms with Crippen molar-refractivity contribution in [2.45, 2.75) is 90.3 Å². The summed E-state index contributed by atoms with van der Waals surface area (Å²) in [6, 6.07) is 0.380. The van der Waals surface area contributed by atoms with Gasteiger partial charge in [0.25, 0.3) is 0 Å².